The number of rotatable bonds is 10. The molecular formula is C29H33F3N6O2S. The van der Waals surface area contributed by atoms with E-state index in [1.54, 1.807) is 18.1 Å². The maximum absolute atomic E-state index is 12.5. The number of hydrogen-bond acceptors (Lipinski definition) is 7. The summed E-state index contributed by atoms with van der Waals surface area (Å²) in [6, 6.07) is 14.9. The molecule has 3 aromatic rings. The van der Waals surface area contributed by atoms with Crippen molar-refractivity contribution >= 4 is 47.5 Å². The van der Waals surface area contributed by atoms with Crippen LogP contribution in [-0.4, -0.2) is 44.7 Å². The molecule has 0 atom stereocenters. The average Bonchev–Trinajstić information content (AvgIpc) is 2.91. The van der Waals surface area contributed by atoms with Crippen LogP contribution in [-0.2, 0) is 0 Å². The van der Waals surface area contributed by atoms with Crippen LogP contribution >= 0.6 is 11.9 Å². The highest BCUT2D eigenvalue weighted by Gasteiger charge is 2.31. The Morgan fingerprint density at radius 2 is 1.78 bits per heavy atom. The van der Waals surface area contributed by atoms with Gasteiger partial charge in [-0.1, -0.05) is 32.0 Å². The first-order valence-electron chi connectivity index (χ1n) is 12.6. The number of carbonyl (C=O) groups is 1. The van der Waals surface area contributed by atoms with E-state index in [2.05, 4.69) is 38.8 Å². The number of benzene rings is 2. The van der Waals surface area contributed by atoms with Crippen molar-refractivity contribution in [2.75, 3.05) is 30.9 Å². The molecule has 0 unspecified atom stereocenters. The van der Waals surface area contributed by atoms with Crippen LogP contribution in [0.3, 0.4) is 0 Å². The molecule has 1 aromatic heterocycles. The zero-order valence-electron chi connectivity index (χ0n) is 23.7. The SMILES string of the molecule is CC(/C=N/NC(=O)NSc1ccccc1C(C)C)=C\c1cnc(N(C)c2ccc(OC(F)(F)F)cc2)c(N(C)C)c1. The number of nitrogens with zero attached hydrogens (tertiary/aromatic N) is 4. The third-order valence-corrected chi connectivity index (χ3v) is 6.63. The number of halogens is 3. The molecule has 2 N–H and O–H groups in total. The maximum Gasteiger partial charge on any atom is 0.573 e. The summed E-state index contributed by atoms with van der Waals surface area (Å²) in [7, 11) is 5.52. The molecule has 218 valence electrons. The monoisotopic (exact) mass is 586 g/mol. The molecule has 2 amide bonds. The number of anilines is 3. The van der Waals surface area contributed by atoms with Gasteiger partial charge in [-0.05, 0) is 84.0 Å². The summed E-state index contributed by atoms with van der Waals surface area (Å²) < 4.78 is 44.1. The summed E-state index contributed by atoms with van der Waals surface area (Å²) in [6.45, 7) is 6.04. The van der Waals surface area contributed by atoms with Crippen molar-refractivity contribution in [2.45, 2.75) is 37.9 Å². The maximum atomic E-state index is 12.5. The van der Waals surface area contributed by atoms with E-state index in [9.17, 15) is 18.0 Å². The number of alkyl halides is 3. The number of hydrogen-bond donors (Lipinski definition) is 2. The molecule has 3 rings (SSSR count). The Morgan fingerprint density at radius 1 is 1.10 bits per heavy atom. The Bertz CT molecular complexity index is 1390. The van der Waals surface area contributed by atoms with Crippen LogP contribution in [0.15, 0.2) is 76.4 Å². The molecule has 12 heteroatoms. The van der Waals surface area contributed by atoms with Gasteiger partial charge < -0.3 is 14.5 Å². The number of pyridine rings is 1. The molecule has 8 nitrogen and oxygen atoms in total. The Balaban J connectivity index is 1.65. The number of carbonyl (C=O) groups excluding carboxylic acids is 1. The summed E-state index contributed by atoms with van der Waals surface area (Å²) >= 11 is 1.24. The van der Waals surface area contributed by atoms with Gasteiger partial charge in [0.15, 0.2) is 5.82 Å². The number of urea groups is 1. The van der Waals surface area contributed by atoms with Gasteiger partial charge in [-0.25, -0.2) is 15.2 Å². The van der Waals surface area contributed by atoms with E-state index in [4.69, 9.17) is 0 Å². The van der Waals surface area contributed by atoms with E-state index in [0.717, 1.165) is 27.3 Å². The first-order chi connectivity index (χ1) is 19.3. The van der Waals surface area contributed by atoms with Crippen molar-refractivity contribution in [2.24, 2.45) is 5.10 Å². The lowest BCUT2D eigenvalue weighted by atomic mass is 10.0. The topological polar surface area (TPSA) is 82.1 Å². The van der Waals surface area contributed by atoms with Crippen LogP contribution in [0.2, 0.25) is 0 Å². The number of ether oxygens (including phenoxy) is 1. The predicted octanol–water partition coefficient (Wildman–Crippen LogP) is 7.33. The third-order valence-electron chi connectivity index (χ3n) is 5.75. The van der Waals surface area contributed by atoms with Crippen LogP contribution in [0.5, 0.6) is 5.75 Å². The minimum Gasteiger partial charge on any atom is -0.406 e. The molecule has 2 aromatic carbocycles. The Kier molecular flexibility index (Phi) is 10.6. The number of nitrogens with one attached hydrogen (secondary N) is 2. The molecular weight excluding hydrogens is 553 g/mol. The molecule has 0 spiro atoms. The van der Waals surface area contributed by atoms with Crippen LogP contribution in [0.25, 0.3) is 6.08 Å². The number of aromatic nitrogens is 1. The van der Waals surface area contributed by atoms with E-state index in [1.807, 2.05) is 62.3 Å². The number of allylic oxidation sites excluding steroid dienone is 1. The Morgan fingerprint density at radius 3 is 2.41 bits per heavy atom. The second-order valence-electron chi connectivity index (χ2n) is 9.59. The molecule has 0 saturated heterocycles. The molecule has 0 bridgehead atoms. The fourth-order valence-electron chi connectivity index (χ4n) is 3.79. The summed E-state index contributed by atoms with van der Waals surface area (Å²) in [5, 5.41) is 4.02. The lowest BCUT2D eigenvalue weighted by Crippen LogP contribution is -2.27. The summed E-state index contributed by atoms with van der Waals surface area (Å²) in [4.78, 5) is 21.4. The van der Waals surface area contributed by atoms with Crippen LogP contribution in [0.4, 0.5) is 35.2 Å². The van der Waals surface area contributed by atoms with Crippen molar-refractivity contribution in [3.63, 3.8) is 0 Å². The summed E-state index contributed by atoms with van der Waals surface area (Å²) in [5.41, 5.74) is 6.61. The van der Waals surface area contributed by atoms with Gasteiger partial charge in [0, 0.05) is 37.9 Å². The predicted molar refractivity (Wildman–Crippen MR) is 160 cm³/mol. The lowest BCUT2D eigenvalue weighted by molar-refractivity contribution is -0.274. The second kappa shape index (κ2) is 13.9. The fraction of sp³-hybridized carbons (Fsp3) is 0.276. The molecule has 0 aliphatic rings. The average molecular weight is 587 g/mol. The Hall–Kier alpha value is -4.19. The minimum atomic E-state index is -4.75. The largest absolute Gasteiger partial charge is 0.573 e. The summed E-state index contributed by atoms with van der Waals surface area (Å²) in [6.07, 6.45) is 0.331. The van der Waals surface area contributed by atoms with Crippen LogP contribution < -0.4 is 24.7 Å². The normalized spacial score (nSPS) is 12.0. The zero-order valence-corrected chi connectivity index (χ0v) is 24.5. The van der Waals surface area contributed by atoms with E-state index in [0.29, 0.717) is 17.4 Å². The van der Waals surface area contributed by atoms with Crippen molar-refractivity contribution in [1.29, 1.82) is 0 Å². The van der Waals surface area contributed by atoms with Crippen molar-refractivity contribution < 1.29 is 22.7 Å². The van der Waals surface area contributed by atoms with E-state index in [1.165, 1.54) is 42.4 Å². The summed E-state index contributed by atoms with van der Waals surface area (Å²) in [5.74, 6) is 0.646. The van der Waals surface area contributed by atoms with Gasteiger partial charge in [0.25, 0.3) is 0 Å². The van der Waals surface area contributed by atoms with Crippen molar-refractivity contribution in [1.82, 2.24) is 15.1 Å². The molecule has 0 fully saturated rings. The standard InChI is InChI=1S/C29H33F3N6O2S/c1-19(2)24-9-7-8-10-26(24)41-36-28(39)35-34-17-20(3)15-21-16-25(37(4)5)27(33-18-21)38(6)22-11-13-23(14-12-22)40-29(30,31)32/h7-19H,1-6H3,(H2,35,36,39)/b20-15+,34-17+. The van der Waals surface area contributed by atoms with Gasteiger partial charge in [0.1, 0.15) is 5.75 Å². The van der Waals surface area contributed by atoms with E-state index in [-0.39, 0.29) is 5.75 Å². The highest BCUT2D eigenvalue weighted by molar-refractivity contribution is 7.98. The van der Waals surface area contributed by atoms with E-state index < -0.39 is 12.4 Å². The first-order valence-corrected chi connectivity index (χ1v) is 13.5. The van der Waals surface area contributed by atoms with Crippen LogP contribution in [0, 0.1) is 0 Å². The van der Waals surface area contributed by atoms with Gasteiger partial charge in [0.05, 0.1) is 11.9 Å². The molecule has 0 aliphatic heterocycles. The third kappa shape index (κ3) is 9.45. The highest BCUT2D eigenvalue weighted by atomic mass is 32.2. The van der Waals surface area contributed by atoms with E-state index >= 15 is 0 Å². The van der Waals surface area contributed by atoms with Gasteiger partial charge in [-0.2, -0.15) is 5.10 Å². The highest BCUT2D eigenvalue weighted by Crippen LogP contribution is 2.33. The lowest BCUT2D eigenvalue weighted by Gasteiger charge is -2.25. The Labute approximate surface area is 242 Å². The zero-order chi connectivity index (χ0) is 30.2. The minimum absolute atomic E-state index is 0.296. The fourth-order valence-corrected chi connectivity index (χ4v) is 4.61. The van der Waals surface area contributed by atoms with Crippen LogP contribution in [0.1, 0.15) is 37.8 Å². The van der Waals surface area contributed by atoms with Gasteiger partial charge in [0.2, 0.25) is 0 Å². The van der Waals surface area contributed by atoms with Gasteiger partial charge in [-0.3, -0.25) is 4.72 Å². The molecule has 0 saturated carbocycles. The first kappa shape index (κ1) is 31.3. The van der Waals surface area contributed by atoms with Crippen molar-refractivity contribution in [3.05, 3.63) is 77.5 Å². The number of amides is 2. The molecule has 0 radical (unpaired) electrons. The van der Waals surface area contributed by atoms with Gasteiger partial charge in [-0.15, -0.1) is 13.2 Å². The quantitative estimate of drug-likeness (QED) is 0.147. The molecule has 1 heterocycles. The van der Waals surface area contributed by atoms with Crippen molar-refractivity contribution in [3.8, 4) is 5.75 Å². The number of hydrazone groups is 1. The second-order valence-corrected chi connectivity index (χ2v) is 10.4. The molecule has 41 heavy (non-hydrogen) atoms. The van der Waals surface area contributed by atoms with Gasteiger partial charge >= 0.3 is 12.4 Å². The molecule has 0 aliphatic carbocycles. The smallest absolute Gasteiger partial charge is 0.406 e.